The second kappa shape index (κ2) is 8.01. The van der Waals surface area contributed by atoms with Gasteiger partial charge in [0.1, 0.15) is 11.7 Å². The number of benzene rings is 2. The normalized spacial score (nSPS) is 18.1. The SMILES string of the molecule is NCCc1ccc(-c2cn(-c3cccc4c3CN(C3CCC(=O)NC3=O)C4=O)nn2)cc1. The quantitative estimate of drug-likeness (QED) is 0.586. The van der Waals surface area contributed by atoms with Gasteiger partial charge in [-0.25, -0.2) is 4.68 Å². The Morgan fingerprint density at radius 1 is 1.09 bits per heavy atom. The number of carbonyl (C=O) groups is 3. The van der Waals surface area contributed by atoms with Crippen molar-refractivity contribution in [2.24, 2.45) is 5.73 Å². The molecular weight excluding hydrogens is 408 g/mol. The molecule has 0 radical (unpaired) electrons. The highest BCUT2D eigenvalue weighted by Crippen LogP contribution is 2.31. The molecule has 2 aliphatic heterocycles. The lowest BCUT2D eigenvalue weighted by Crippen LogP contribution is -2.52. The molecule has 0 bridgehead atoms. The van der Waals surface area contributed by atoms with Crippen LogP contribution in [0.25, 0.3) is 16.9 Å². The summed E-state index contributed by atoms with van der Waals surface area (Å²) in [6.45, 7) is 0.878. The Kier molecular flexibility index (Phi) is 5.02. The molecule has 3 amide bonds. The van der Waals surface area contributed by atoms with E-state index in [1.807, 2.05) is 36.5 Å². The van der Waals surface area contributed by atoms with Crippen LogP contribution >= 0.6 is 0 Å². The number of nitrogens with zero attached hydrogens (tertiary/aromatic N) is 4. The molecule has 3 heterocycles. The predicted octanol–water partition coefficient (Wildman–Crippen LogP) is 1.20. The van der Waals surface area contributed by atoms with Crippen LogP contribution < -0.4 is 11.1 Å². The minimum Gasteiger partial charge on any atom is -0.330 e. The number of carbonyl (C=O) groups excluding carboxylic acids is 3. The highest BCUT2D eigenvalue weighted by Gasteiger charge is 2.40. The first-order valence-electron chi connectivity index (χ1n) is 10.5. The predicted molar refractivity (Wildman–Crippen MR) is 116 cm³/mol. The number of aromatic nitrogens is 3. The van der Waals surface area contributed by atoms with Gasteiger partial charge in [0, 0.05) is 29.7 Å². The van der Waals surface area contributed by atoms with Crippen LogP contribution in [0.2, 0.25) is 0 Å². The molecule has 1 fully saturated rings. The van der Waals surface area contributed by atoms with Gasteiger partial charge in [0.05, 0.1) is 11.9 Å². The molecule has 3 N–H and O–H groups in total. The highest BCUT2D eigenvalue weighted by atomic mass is 16.2. The minimum atomic E-state index is -0.654. The number of nitrogens with two attached hydrogens (primary N) is 1. The Labute approximate surface area is 184 Å². The zero-order valence-electron chi connectivity index (χ0n) is 17.3. The summed E-state index contributed by atoms with van der Waals surface area (Å²) in [4.78, 5) is 38.3. The Morgan fingerprint density at radius 3 is 2.66 bits per heavy atom. The van der Waals surface area contributed by atoms with Crippen LogP contribution in [-0.4, -0.2) is 50.2 Å². The molecule has 0 saturated carbocycles. The number of hydrogen-bond donors (Lipinski definition) is 2. The Hall–Kier alpha value is -3.85. The summed E-state index contributed by atoms with van der Waals surface area (Å²) < 4.78 is 1.66. The van der Waals surface area contributed by atoms with Crippen LogP contribution in [0.4, 0.5) is 0 Å². The van der Waals surface area contributed by atoms with Crippen molar-refractivity contribution in [2.75, 3.05) is 6.54 Å². The van der Waals surface area contributed by atoms with Gasteiger partial charge < -0.3 is 10.6 Å². The first-order chi connectivity index (χ1) is 15.5. The molecule has 1 saturated heterocycles. The van der Waals surface area contributed by atoms with E-state index in [1.54, 1.807) is 16.8 Å². The van der Waals surface area contributed by atoms with Crippen molar-refractivity contribution < 1.29 is 14.4 Å². The lowest BCUT2D eigenvalue weighted by Gasteiger charge is -2.29. The number of hydrogen-bond acceptors (Lipinski definition) is 6. The van der Waals surface area contributed by atoms with Gasteiger partial charge in [-0.1, -0.05) is 35.5 Å². The maximum atomic E-state index is 13.0. The molecule has 1 atom stereocenters. The maximum absolute atomic E-state index is 13.0. The van der Waals surface area contributed by atoms with Gasteiger partial charge in [-0.2, -0.15) is 0 Å². The molecule has 5 rings (SSSR count). The number of rotatable bonds is 5. The number of amides is 3. The van der Waals surface area contributed by atoms with Crippen LogP contribution in [0, 0.1) is 0 Å². The molecule has 0 aliphatic carbocycles. The first-order valence-corrected chi connectivity index (χ1v) is 10.5. The fourth-order valence-electron chi connectivity index (χ4n) is 4.31. The van der Waals surface area contributed by atoms with Crippen molar-refractivity contribution in [3.05, 3.63) is 65.4 Å². The lowest BCUT2D eigenvalue weighted by molar-refractivity contribution is -0.136. The third kappa shape index (κ3) is 3.46. The molecule has 9 heteroatoms. The average molecular weight is 430 g/mol. The van der Waals surface area contributed by atoms with Crippen molar-refractivity contribution >= 4 is 17.7 Å². The van der Waals surface area contributed by atoms with E-state index >= 15 is 0 Å². The topological polar surface area (TPSA) is 123 Å². The Bertz CT molecular complexity index is 1220. The zero-order valence-corrected chi connectivity index (χ0v) is 17.3. The van der Waals surface area contributed by atoms with E-state index in [0.29, 0.717) is 24.2 Å². The van der Waals surface area contributed by atoms with E-state index in [1.165, 1.54) is 4.90 Å². The fraction of sp³-hybridized carbons (Fsp3) is 0.261. The molecule has 0 spiro atoms. The van der Waals surface area contributed by atoms with Crippen LogP contribution in [-0.2, 0) is 22.6 Å². The van der Waals surface area contributed by atoms with Gasteiger partial charge in [0.15, 0.2) is 0 Å². The molecule has 9 nitrogen and oxygen atoms in total. The van der Waals surface area contributed by atoms with Crippen LogP contribution in [0.5, 0.6) is 0 Å². The molecule has 32 heavy (non-hydrogen) atoms. The molecule has 2 aliphatic rings. The van der Waals surface area contributed by atoms with E-state index < -0.39 is 11.9 Å². The minimum absolute atomic E-state index is 0.216. The van der Waals surface area contributed by atoms with Gasteiger partial charge in [-0.05, 0) is 37.1 Å². The maximum Gasteiger partial charge on any atom is 0.255 e. The van der Waals surface area contributed by atoms with Crippen molar-refractivity contribution in [3.63, 3.8) is 0 Å². The van der Waals surface area contributed by atoms with Gasteiger partial charge in [0.25, 0.3) is 5.91 Å². The van der Waals surface area contributed by atoms with Gasteiger partial charge >= 0.3 is 0 Å². The second-order valence-electron chi connectivity index (χ2n) is 7.99. The van der Waals surface area contributed by atoms with E-state index in [4.69, 9.17) is 5.73 Å². The third-order valence-electron chi connectivity index (χ3n) is 5.98. The molecule has 1 unspecified atom stereocenters. The monoisotopic (exact) mass is 430 g/mol. The van der Waals surface area contributed by atoms with Crippen molar-refractivity contribution in [2.45, 2.75) is 31.8 Å². The van der Waals surface area contributed by atoms with Gasteiger partial charge in [-0.3, -0.25) is 19.7 Å². The number of imide groups is 1. The van der Waals surface area contributed by atoms with Crippen LogP contribution in [0.1, 0.15) is 34.3 Å². The number of nitrogens with one attached hydrogen (secondary N) is 1. The van der Waals surface area contributed by atoms with Crippen LogP contribution in [0.3, 0.4) is 0 Å². The molecule has 2 aromatic carbocycles. The third-order valence-corrected chi connectivity index (χ3v) is 5.98. The van der Waals surface area contributed by atoms with Crippen molar-refractivity contribution in [1.29, 1.82) is 0 Å². The Morgan fingerprint density at radius 2 is 1.91 bits per heavy atom. The summed E-state index contributed by atoms with van der Waals surface area (Å²) in [6.07, 6.45) is 3.20. The van der Waals surface area contributed by atoms with Gasteiger partial charge in [0.2, 0.25) is 11.8 Å². The van der Waals surface area contributed by atoms with Crippen molar-refractivity contribution in [1.82, 2.24) is 25.2 Å². The summed E-state index contributed by atoms with van der Waals surface area (Å²) in [5, 5.41) is 10.9. The summed E-state index contributed by atoms with van der Waals surface area (Å²) in [6, 6.07) is 12.8. The van der Waals surface area contributed by atoms with E-state index in [9.17, 15) is 14.4 Å². The highest BCUT2D eigenvalue weighted by molar-refractivity contribution is 6.05. The molecule has 1 aromatic heterocycles. The number of fused-ring (bicyclic) bond motifs is 1. The molecule has 3 aromatic rings. The van der Waals surface area contributed by atoms with E-state index in [0.717, 1.165) is 28.8 Å². The molecular formula is C23H22N6O3. The second-order valence-corrected chi connectivity index (χ2v) is 7.99. The van der Waals surface area contributed by atoms with Crippen molar-refractivity contribution in [3.8, 4) is 16.9 Å². The van der Waals surface area contributed by atoms with Crippen LogP contribution in [0.15, 0.2) is 48.7 Å². The standard InChI is InChI=1S/C23H22N6O3/c24-11-10-14-4-6-15(7-5-14)18-13-29(27-26-18)19-3-1-2-16-17(19)12-28(23(16)32)20-8-9-21(30)25-22(20)31/h1-7,13,20H,8-12,24H2,(H,25,30,31). The van der Waals surface area contributed by atoms with E-state index in [-0.39, 0.29) is 24.8 Å². The average Bonchev–Trinajstić information content (AvgIpc) is 3.40. The lowest BCUT2D eigenvalue weighted by atomic mass is 10.0. The Balaban J connectivity index is 1.43. The summed E-state index contributed by atoms with van der Waals surface area (Å²) in [5.41, 5.74) is 10.5. The summed E-state index contributed by atoms with van der Waals surface area (Å²) in [5.74, 6) is -0.945. The summed E-state index contributed by atoms with van der Waals surface area (Å²) >= 11 is 0. The van der Waals surface area contributed by atoms with Gasteiger partial charge in [-0.15, -0.1) is 5.10 Å². The fourth-order valence-corrected chi connectivity index (χ4v) is 4.31. The first kappa shape index (κ1) is 20.1. The smallest absolute Gasteiger partial charge is 0.255 e. The summed E-state index contributed by atoms with van der Waals surface area (Å²) in [7, 11) is 0. The zero-order chi connectivity index (χ0) is 22.2. The number of piperidine rings is 1. The molecule has 162 valence electrons. The van der Waals surface area contributed by atoms with E-state index in [2.05, 4.69) is 15.6 Å². The largest absolute Gasteiger partial charge is 0.330 e.